The fraction of sp³-hybridized carbons (Fsp3) is 0.300. The van der Waals surface area contributed by atoms with E-state index in [4.69, 9.17) is 5.73 Å². The van der Waals surface area contributed by atoms with Crippen LogP contribution in [0.3, 0.4) is 0 Å². The van der Waals surface area contributed by atoms with Gasteiger partial charge in [0.2, 0.25) is 0 Å². The minimum absolute atomic E-state index is 0.217. The molecule has 2 rings (SSSR count). The van der Waals surface area contributed by atoms with Crippen LogP contribution >= 0.6 is 0 Å². The summed E-state index contributed by atoms with van der Waals surface area (Å²) in [5.74, 6) is 1.19. The molecular formula is C10H14N6. The topological polar surface area (TPSA) is 81.7 Å². The highest BCUT2D eigenvalue weighted by atomic mass is 15.3. The molecule has 6 nitrogen and oxygen atoms in total. The lowest BCUT2D eigenvalue weighted by Crippen LogP contribution is -2.22. The maximum atomic E-state index is 5.56. The summed E-state index contributed by atoms with van der Waals surface area (Å²) in [6, 6.07) is 3.82. The molecule has 1 unspecified atom stereocenters. The largest absolute Gasteiger partial charge is 0.384 e. The number of rotatable bonds is 4. The van der Waals surface area contributed by atoms with Gasteiger partial charge in [-0.05, 0) is 13.0 Å². The second-order valence-corrected chi connectivity index (χ2v) is 3.60. The quantitative estimate of drug-likeness (QED) is 0.791. The number of nitrogens with one attached hydrogen (secondary N) is 1. The van der Waals surface area contributed by atoms with E-state index in [0.717, 1.165) is 12.4 Å². The summed E-state index contributed by atoms with van der Waals surface area (Å²) >= 11 is 0. The Morgan fingerprint density at radius 3 is 3.06 bits per heavy atom. The van der Waals surface area contributed by atoms with Gasteiger partial charge >= 0.3 is 0 Å². The summed E-state index contributed by atoms with van der Waals surface area (Å²) in [5, 5.41) is 7.36. The van der Waals surface area contributed by atoms with Crippen LogP contribution in [0, 0.1) is 0 Å². The van der Waals surface area contributed by atoms with Crippen molar-refractivity contribution in [3.8, 4) is 0 Å². The highest BCUT2D eigenvalue weighted by molar-refractivity contribution is 5.43. The van der Waals surface area contributed by atoms with E-state index in [-0.39, 0.29) is 6.04 Å². The second kappa shape index (κ2) is 4.61. The Morgan fingerprint density at radius 2 is 2.38 bits per heavy atom. The van der Waals surface area contributed by atoms with Crippen molar-refractivity contribution < 1.29 is 0 Å². The summed E-state index contributed by atoms with van der Waals surface area (Å²) < 4.78 is 1.86. The molecule has 2 aromatic rings. The molecule has 2 aromatic heterocycles. The first kappa shape index (κ1) is 10.4. The number of anilines is 2. The van der Waals surface area contributed by atoms with Gasteiger partial charge in [0, 0.05) is 24.5 Å². The van der Waals surface area contributed by atoms with Crippen molar-refractivity contribution in [2.24, 2.45) is 0 Å². The first-order chi connectivity index (χ1) is 7.74. The van der Waals surface area contributed by atoms with Crippen molar-refractivity contribution in [1.29, 1.82) is 0 Å². The highest BCUT2D eigenvalue weighted by Crippen LogP contribution is 2.07. The van der Waals surface area contributed by atoms with Gasteiger partial charge in [0.05, 0.1) is 6.54 Å². The molecule has 0 bridgehead atoms. The van der Waals surface area contributed by atoms with Crippen LogP contribution in [-0.2, 0) is 6.54 Å². The zero-order valence-electron chi connectivity index (χ0n) is 9.04. The minimum atomic E-state index is 0.217. The van der Waals surface area contributed by atoms with Gasteiger partial charge in [0.15, 0.2) is 0 Å². The molecule has 84 valence electrons. The standard InChI is InChI=1S/C10H14N6/c1-8(6-16-4-2-3-14-16)15-10-5-9(11)12-7-13-10/h2-5,7-8H,6H2,1H3,(H3,11,12,13,15). The predicted molar refractivity (Wildman–Crippen MR) is 61.8 cm³/mol. The first-order valence-corrected chi connectivity index (χ1v) is 5.05. The summed E-state index contributed by atoms with van der Waals surface area (Å²) in [4.78, 5) is 7.91. The Hall–Kier alpha value is -2.11. The Labute approximate surface area is 93.5 Å². The van der Waals surface area contributed by atoms with Gasteiger partial charge in [0.25, 0.3) is 0 Å². The highest BCUT2D eigenvalue weighted by Gasteiger charge is 2.04. The zero-order valence-corrected chi connectivity index (χ0v) is 9.04. The third-order valence-electron chi connectivity index (χ3n) is 2.10. The van der Waals surface area contributed by atoms with Gasteiger partial charge in [-0.25, -0.2) is 9.97 Å². The van der Waals surface area contributed by atoms with E-state index in [1.54, 1.807) is 12.3 Å². The van der Waals surface area contributed by atoms with Crippen LogP contribution in [-0.4, -0.2) is 25.8 Å². The molecule has 2 heterocycles. The number of hydrogen-bond acceptors (Lipinski definition) is 5. The molecule has 0 radical (unpaired) electrons. The van der Waals surface area contributed by atoms with E-state index in [1.807, 2.05) is 16.9 Å². The molecule has 0 aromatic carbocycles. The van der Waals surface area contributed by atoms with Crippen LogP contribution in [0.2, 0.25) is 0 Å². The van der Waals surface area contributed by atoms with Crippen molar-refractivity contribution >= 4 is 11.6 Å². The van der Waals surface area contributed by atoms with Crippen LogP contribution in [0.5, 0.6) is 0 Å². The first-order valence-electron chi connectivity index (χ1n) is 5.05. The molecule has 6 heteroatoms. The van der Waals surface area contributed by atoms with Crippen LogP contribution in [0.4, 0.5) is 11.6 Å². The van der Waals surface area contributed by atoms with E-state index < -0.39 is 0 Å². The Kier molecular flexibility index (Phi) is 3.00. The zero-order chi connectivity index (χ0) is 11.4. The fourth-order valence-electron chi connectivity index (χ4n) is 1.44. The van der Waals surface area contributed by atoms with E-state index in [1.165, 1.54) is 6.33 Å². The molecule has 0 saturated carbocycles. The van der Waals surface area contributed by atoms with Gasteiger partial charge in [-0.2, -0.15) is 5.10 Å². The van der Waals surface area contributed by atoms with Crippen molar-refractivity contribution in [2.45, 2.75) is 19.5 Å². The van der Waals surface area contributed by atoms with Crippen LogP contribution in [0.25, 0.3) is 0 Å². The smallest absolute Gasteiger partial charge is 0.131 e. The molecule has 0 aliphatic heterocycles. The van der Waals surface area contributed by atoms with Crippen molar-refractivity contribution in [3.63, 3.8) is 0 Å². The number of nitrogens with two attached hydrogens (primary N) is 1. The Bertz CT molecular complexity index is 438. The molecule has 0 aliphatic carbocycles. The van der Waals surface area contributed by atoms with Gasteiger partial charge in [-0.1, -0.05) is 0 Å². The second-order valence-electron chi connectivity index (χ2n) is 3.60. The normalized spacial score (nSPS) is 12.3. The predicted octanol–water partition coefficient (Wildman–Crippen LogP) is 0.756. The van der Waals surface area contributed by atoms with E-state index in [9.17, 15) is 0 Å². The molecule has 0 aliphatic rings. The number of hydrogen-bond donors (Lipinski definition) is 2. The third-order valence-corrected chi connectivity index (χ3v) is 2.10. The van der Waals surface area contributed by atoms with Crippen molar-refractivity contribution in [2.75, 3.05) is 11.1 Å². The van der Waals surface area contributed by atoms with Crippen molar-refractivity contribution in [1.82, 2.24) is 19.7 Å². The molecule has 0 amide bonds. The molecule has 0 fully saturated rings. The van der Waals surface area contributed by atoms with Crippen LogP contribution in [0.1, 0.15) is 6.92 Å². The lowest BCUT2D eigenvalue weighted by Gasteiger charge is -2.14. The molecule has 3 N–H and O–H groups in total. The average Bonchev–Trinajstić information content (AvgIpc) is 2.70. The average molecular weight is 218 g/mol. The molecule has 1 atom stereocenters. The van der Waals surface area contributed by atoms with Gasteiger partial charge in [0.1, 0.15) is 18.0 Å². The molecule has 16 heavy (non-hydrogen) atoms. The number of aromatic nitrogens is 4. The van der Waals surface area contributed by atoms with Gasteiger partial charge < -0.3 is 11.1 Å². The number of nitrogens with zero attached hydrogens (tertiary/aromatic N) is 4. The van der Waals surface area contributed by atoms with Crippen molar-refractivity contribution in [3.05, 3.63) is 30.9 Å². The van der Waals surface area contributed by atoms with E-state index >= 15 is 0 Å². The van der Waals surface area contributed by atoms with Gasteiger partial charge in [-0.3, -0.25) is 4.68 Å². The molecule has 0 spiro atoms. The SMILES string of the molecule is CC(Cn1cccn1)Nc1cc(N)ncn1. The van der Waals surface area contributed by atoms with Crippen LogP contribution in [0.15, 0.2) is 30.9 Å². The Balaban J connectivity index is 1.94. The molecular weight excluding hydrogens is 204 g/mol. The summed E-state index contributed by atoms with van der Waals surface area (Å²) in [5.41, 5.74) is 5.56. The molecule has 0 saturated heterocycles. The number of nitrogen functional groups attached to an aromatic ring is 1. The Morgan fingerprint density at radius 1 is 1.50 bits per heavy atom. The maximum absolute atomic E-state index is 5.56. The maximum Gasteiger partial charge on any atom is 0.131 e. The third kappa shape index (κ3) is 2.69. The summed E-state index contributed by atoms with van der Waals surface area (Å²) in [6.07, 6.45) is 5.13. The monoisotopic (exact) mass is 218 g/mol. The van der Waals surface area contributed by atoms with Crippen LogP contribution < -0.4 is 11.1 Å². The van der Waals surface area contributed by atoms with Gasteiger partial charge in [-0.15, -0.1) is 0 Å². The van der Waals surface area contributed by atoms with E-state index in [2.05, 4.69) is 27.3 Å². The summed E-state index contributed by atoms with van der Waals surface area (Å²) in [6.45, 7) is 2.83. The lowest BCUT2D eigenvalue weighted by atomic mass is 10.3. The summed E-state index contributed by atoms with van der Waals surface area (Å²) in [7, 11) is 0. The minimum Gasteiger partial charge on any atom is -0.384 e. The lowest BCUT2D eigenvalue weighted by molar-refractivity contribution is 0.559. The fourth-order valence-corrected chi connectivity index (χ4v) is 1.44. The van der Waals surface area contributed by atoms with E-state index in [0.29, 0.717) is 5.82 Å².